The molecule has 4 rings (SSSR count). The predicted molar refractivity (Wildman–Crippen MR) is 134 cm³/mol. The van der Waals surface area contributed by atoms with Gasteiger partial charge in [-0.15, -0.1) is 0 Å². The quantitative estimate of drug-likeness (QED) is 0.325. The fraction of sp³-hybridized carbons (Fsp3) is 0.679. The van der Waals surface area contributed by atoms with Crippen molar-refractivity contribution in [3.63, 3.8) is 0 Å². The van der Waals surface area contributed by atoms with Gasteiger partial charge in [0.2, 0.25) is 5.91 Å². The molecule has 186 valence electrons. The normalized spacial score (nSPS) is 37.5. The molecule has 2 saturated carbocycles. The molecule has 4 aliphatic carbocycles. The number of unbranched alkanes of at least 4 members (excludes halogenated alkanes) is 2. The molecule has 0 radical (unpaired) electrons. The third kappa shape index (κ3) is 3.60. The molecular weight excluding hydrogens is 428 g/mol. The Bertz CT molecular complexity index is 992. The number of primary amides is 1. The molecule has 6 heteroatoms. The molecule has 2 fully saturated rings. The standard InChI is InChI=1S/C28H40N2O4/c1-5-7-8-10-17-11-9-12-18-14-27(4)15-19-13-21(30-34)23(26(29)32)20(6-2)28(19,33)25(31)24(27)16(3)22(17)18/h12,19-21,23,31,33H,3,5-11,13-15H2,1-2,4H3,(H2,29,32)/t19-,20?,21?,23?,27+,28-/m1/s1. The third-order valence-corrected chi connectivity index (χ3v) is 9.16. The summed E-state index contributed by atoms with van der Waals surface area (Å²) in [4.78, 5) is 24.1. The number of hydrogen-bond acceptors (Lipinski definition) is 5. The van der Waals surface area contributed by atoms with E-state index in [0.717, 1.165) is 43.3 Å². The van der Waals surface area contributed by atoms with Crippen molar-refractivity contribution in [2.45, 2.75) is 96.6 Å². The summed E-state index contributed by atoms with van der Waals surface area (Å²) in [7, 11) is 0. The molecule has 6 atom stereocenters. The van der Waals surface area contributed by atoms with E-state index >= 15 is 0 Å². The smallest absolute Gasteiger partial charge is 0.223 e. The number of carbonyl (C=O) groups excluding carboxylic acids is 1. The van der Waals surface area contributed by atoms with E-state index in [1.54, 1.807) is 0 Å². The van der Waals surface area contributed by atoms with Gasteiger partial charge in [0, 0.05) is 16.9 Å². The summed E-state index contributed by atoms with van der Waals surface area (Å²) in [6.45, 7) is 10.7. The monoisotopic (exact) mass is 468 g/mol. The number of carbonyl (C=O) groups is 1. The zero-order chi connectivity index (χ0) is 24.8. The molecule has 0 saturated heterocycles. The Kier molecular flexibility index (Phi) is 6.67. The minimum atomic E-state index is -1.62. The van der Waals surface area contributed by atoms with E-state index in [2.05, 4.69) is 31.7 Å². The van der Waals surface area contributed by atoms with Crippen molar-refractivity contribution in [1.82, 2.24) is 0 Å². The van der Waals surface area contributed by atoms with E-state index in [9.17, 15) is 19.9 Å². The molecular formula is C28H40N2O4. The summed E-state index contributed by atoms with van der Waals surface area (Å²) < 4.78 is 0. The molecule has 0 spiro atoms. The summed E-state index contributed by atoms with van der Waals surface area (Å²) in [6.07, 6.45) is 10.9. The molecule has 34 heavy (non-hydrogen) atoms. The number of nitrogens with zero attached hydrogens (tertiary/aromatic N) is 1. The van der Waals surface area contributed by atoms with Gasteiger partial charge < -0.3 is 15.9 Å². The van der Waals surface area contributed by atoms with Crippen LogP contribution in [0.15, 0.2) is 51.5 Å². The Balaban J connectivity index is 1.85. The molecule has 1 amide bonds. The number of nitrogens with two attached hydrogens (primary N) is 1. The molecule has 4 N–H and O–H groups in total. The Labute approximate surface area is 203 Å². The molecule has 0 heterocycles. The van der Waals surface area contributed by atoms with Crippen LogP contribution in [-0.4, -0.2) is 27.8 Å². The van der Waals surface area contributed by atoms with Gasteiger partial charge in [0.25, 0.3) is 0 Å². The molecule has 0 bridgehead atoms. The van der Waals surface area contributed by atoms with Crippen molar-refractivity contribution >= 4 is 5.91 Å². The number of rotatable bonds is 7. The van der Waals surface area contributed by atoms with E-state index in [1.165, 1.54) is 29.6 Å². The zero-order valence-electron chi connectivity index (χ0n) is 20.9. The molecule has 0 aromatic heterocycles. The van der Waals surface area contributed by atoms with Gasteiger partial charge in [0.15, 0.2) is 0 Å². The summed E-state index contributed by atoms with van der Waals surface area (Å²) in [5, 5.41) is 27.2. The first kappa shape index (κ1) is 24.9. The van der Waals surface area contributed by atoms with Crippen molar-refractivity contribution in [3.8, 4) is 0 Å². The fourth-order valence-electron chi connectivity index (χ4n) is 7.76. The number of hydrogen-bond donors (Lipinski definition) is 3. The zero-order valence-corrected chi connectivity index (χ0v) is 20.9. The average Bonchev–Trinajstić information content (AvgIpc) is 2.78. The molecule has 4 aliphatic rings. The Morgan fingerprint density at radius 2 is 2.06 bits per heavy atom. The second-order valence-electron chi connectivity index (χ2n) is 11.2. The SMILES string of the molecule is C=C1C2=C(CCCCC)CCC=C2C[C@@]2(C)C[C@H]3CC(N=O)C(C(N)=O)C(CC)[C@@]3(O)C(O)=C12. The maximum absolute atomic E-state index is 12.4. The van der Waals surface area contributed by atoms with Crippen molar-refractivity contribution < 1.29 is 15.0 Å². The largest absolute Gasteiger partial charge is 0.509 e. The highest BCUT2D eigenvalue weighted by atomic mass is 16.3. The van der Waals surface area contributed by atoms with Crippen LogP contribution in [0.5, 0.6) is 0 Å². The van der Waals surface area contributed by atoms with Crippen LogP contribution in [0.1, 0.15) is 85.0 Å². The van der Waals surface area contributed by atoms with Crippen LogP contribution in [0, 0.1) is 28.1 Å². The molecule has 0 aromatic carbocycles. The Morgan fingerprint density at radius 3 is 2.68 bits per heavy atom. The van der Waals surface area contributed by atoms with Gasteiger partial charge in [-0.25, -0.2) is 0 Å². The summed E-state index contributed by atoms with van der Waals surface area (Å²) >= 11 is 0. The van der Waals surface area contributed by atoms with Crippen LogP contribution in [0.3, 0.4) is 0 Å². The van der Waals surface area contributed by atoms with Gasteiger partial charge in [-0.3, -0.25) is 4.79 Å². The third-order valence-electron chi connectivity index (χ3n) is 9.16. The highest BCUT2D eigenvalue weighted by Crippen LogP contribution is 2.63. The van der Waals surface area contributed by atoms with E-state index in [1.807, 2.05) is 6.92 Å². The lowest BCUT2D eigenvalue weighted by molar-refractivity contribution is -0.154. The lowest BCUT2D eigenvalue weighted by Gasteiger charge is -2.57. The van der Waals surface area contributed by atoms with E-state index in [-0.39, 0.29) is 18.1 Å². The first-order valence-corrected chi connectivity index (χ1v) is 13.0. The highest BCUT2D eigenvalue weighted by Gasteiger charge is 2.63. The number of fused-ring (bicyclic) bond motifs is 3. The van der Waals surface area contributed by atoms with Gasteiger partial charge in [-0.2, -0.15) is 4.91 Å². The van der Waals surface area contributed by atoms with Crippen LogP contribution in [0.2, 0.25) is 0 Å². The lowest BCUT2D eigenvalue weighted by atomic mass is 9.49. The Hall–Kier alpha value is -2.21. The second-order valence-corrected chi connectivity index (χ2v) is 11.2. The summed E-state index contributed by atoms with van der Waals surface area (Å²) in [6, 6.07) is -0.785. The van der Waals surface area contributed by atoms with Gasteiger partial charge in [0.1, 0.15) is 17.4 Å². The summed E-state index contributed by atoms with van der Waals surface area (Å²) in [5.74, 6) is -2.66. The van der Waals surface area contributed by atoms with Crippen molar-refractivity contribution in [2.24, 2.45) is 34.1 Å². The minimum Gasteiger partial charge on any atom is -0.509 e. The predicted octanol–water partition coefficient (Wildman–Crippen LogP) is 5.78. The van der Waals surface area contributed by atoms with E-state index in [0.29, 0.717) is 12.8 Å². The maximum Gasteiger partial charge on any atom is 0.223 e. The number of aliphatic hydroxyl groups is 2. The Morgan fingerprint density at radius 1 is 1.32 bits per heavy atom. The van der Waals surface area contributed by atoms with Gasteiger partial charge in [-0.05, 0) is 74.0 Å². The number of allylic oxidation sites excluding steroid dienone is 6. The van der Waals surface area contributed by atoms with Crippen molar-refractivity contribution in [3.05, 3.63) is 51.2 Å². The number of aliphatic hydroxyl groups excluding tert-OH is 1. The topological polar surface area (TPSA) is 113 Å². The van der Waals surface area contributed by atoms with Crippen LogP contribution in [0.25, 0.3) is 0 Å². The molecule has 3 unspecified atom stereocenters. The fourth-order valence-corrected chi connectivity index (χ4v) is 7.76. The average molecular weight is 469 g/mol. The van der Waals surface area contributed by atoms with Gasteiger partial charge in [0.05, 0.1) is 5.92 Å². The van der Waals surface area contributed by atoms with E-state index < -0.39 is 34.8 Å². The minimum absolute atomic E-state index is 0.0660. The second kappa shape index (κ2) is 9.10. The van der Waals surface area contributed by atoms with Crippen LogP contribution in [-0.2, 0) is 4.79 Å². The highest BCUT2D eigenvalue weighted by molar-refractivity contribution is 5.78. The van der Waals surface area contributed by atoms with Crippen molar-refractivity contribution in [1.29, 1.82) is 0 Å². The lowest BCUT2D eigenvalue weighted by Crippen LogP contribution is -2.62. The first-order valence-electron chi connectivity index (χ1n) is 13.0. The van der Waals surface area contributed by atoms with Crippen LogP contribution < -0.4 is 5.73 Å². The molecule has 0 aromatic rings. The van der Waals surface area contributed by atoms with Gasteiger partial charge >= 0.3 is 0 Å². The maximum atomic E-state index is 12.4. The molecule has 0 aliphatic heterocycles. The first-order chi connectivity index (χ1) is 16.1. The van der Waals surface area contributed by atoms with Gasteiger partial charge in [-0.1, -0.05) is 57.0 Å². The number of nitroso groups, excluding NO2 is 1. The van der Waals surface area contributed by atoms with Crippen molar-refractivity contribution in [2.75, 3.05) is 0 Å². The number of amides is 1. The molecule has 6 nitrogen and oxygen atoms in total. The van der Waals surface area contributed by atoms with Crippen LogP contribution in [0.4, 0.5) is 0 Å². The van der Waals surface area contributed by atoms with E-state index in [4.69, 9.17) is 5.73 Å². The summed E-state index contributed by atoms with van der Waals surface area (Å²) in [5.41, 5.74) is 9.10. The van der Waals surface area contributed by atoms with Crippen LogP contribution >= 0.6 is 0 Å².